The SMILES string of the molecule is CC(C)n1cnnc1S[C@@H](C)C(=O)Nc1ccc(Cl)cc1. The lowest BCUT2D eigenvalue weighted by molar-refractivity contribution is -0.115. The van der Waals surface area contributed by atoms with Crippen LogP contribution in [-0.4, -0.2) is 25.9 Å². The van der Waals surface area contributed by atoms with Crippen molar-refractivity contribution < 1.29 is 4.79 Å². The van der Waals surface area contributed by atoms with Gasteiger partial charge in [-0.05, 0) is 45.0 Å². The van der Waals surface area contributed by atoms with Gasteiger partial charge in [0.1, 0.15) is 6.33 Å². The van der Waals surface area contributed by atoms with Crippen LogP contribution in [0.1, 0.15) is 26.8 Å². The van der Waals surface area contributed by atoms with Crippen LogP contribution in [-0.2, 0) is 4.79 Å². The number of halogens is 1. The summed E-state index contributed by atoms with van der Waals surface area (Å²) in [6.07, 6.45) is 1.68. The molecule has 1 aromatic carbocycles. The van der Waals surface area contributed by atoms with Gasteiger partial charge in [0.25, 0.3) is 0 Å². The van der Waals surface area contributed by atoms with Crippen molar-refractivity contribution in [3.05, 3.63) is 35.6 Å². The lowest BCUT2D eigenvalue weighted by Crippen LogP contribution is -2.23. The van der Waals surface area contributed by atoms with Gasteiger partial charge in [-0.3, -0.25) is 4.79 Å². The van der Waals surface area contributed by atoms with E-state index >= 15 is 0 Å². The second kappa shape index (κ2) is 6.95. The molecule has 2 aromatic rings. The molecule has 1 amide bonds. The van der Waals surface area contributed by atoms with Crippen LogP contribution < -0.4 is 5.32 Å². The first-order chi connectivity index (χ1) is 9.97. The third kappa shape index (κ3) is 4.22. The summed E-state index contributed by atoms with van der Waals surface area (Å²) < 4.78 is 1.94. The molecule has 0 aliphatic carbocycles. The number of carbonyl (C=O) groups is 1. The number of thioether (sulfide) groups is 1. The van der Waals surface area contributed by atoms with Crippen molar-refractivity contribution in [3.8, 4) is 0 Å². The van der Waals surface area contributed by atoms with Crippen molar-refractivity contribution in [2.45, 2.75) is 37.2 Å². The average molecular weight is 325 g/mol. The number of hydrogen-bond donors (Lipinski definition) is 1. The molecule has 5 nitrogen and oxygen atoms in total. The summed E-state index contributed by atoms with van der Waals surface area (Å²) in [5, 5.41) is 11.9. The van der Waals surface area contributed by atoms with Gasteiger partial charge in [-0.15, -0.1) is 10.2 Å². The van der Waals surface area contributed by atoms with Gasteiger partial charge in [-0.25, -0.2) is 0 Å². The molecule has 112 valence electrons. The van der Waals surface area contributed by atoms with E-state index in [0.717, 1.165) is 10.8 Å². The van der Waals surface area contributed by atoms with Crippen LogP contribution in [0.4, 0.5) is 5.69 Å². The Hall–Kier alpha value is -1.53. The molecule has 1 heterocycles. The van der Waals surface area contributed by atoms with Crippen molar-refractivity contribution in [2.75, 3.05) is 5.32 Å². The molecule has 0 bridgehead atoms. The standard InChI is InChI=1S/C14H17ClN4OS/c1-9(2)19-8-16-18-14(19)21-10(3)13(20)17-12-6-4-11(15)5-7-12/h4-10H,1-3H3,(H,17,20)/t10-/m0/s1. The number of anilines is 1. The highest BCUT2D eigenvalue weighted by Crippen LogP contribution is 2.24. The Morgan fingerprint density at radius 1 is 1.29 bits per heavy atom. The fourth-order valence-electron chi connectivity index (χ4n) is 1.66. The molecule has 1 aromatic heterocycles. The Balaban J connectivity index is 1.99. The highest BCUT2D eigenvalue weighted by atomic mass is 35.5. The number of amides is 1. The normalized spacial score (nSPS) is 12.4. The number of nitrogens with one attached hydrogen (secondary N) is 1. The highest BCUT2D eigenvalue weighted by Gasteiger charge is 2.18. The molecule has 0 fully saturated rings. The molecule has 21 heavy (non-hydrogen) atoms. The maximum absolute atomic E-state index is 12.2. The third-order valence-electron chi connectivity index (χ3n) is 2.86. The summed E-state index contributed by atoms with van der Waals surface area (Å²) in [5.41, 5.74) is 0.724. The summed E-state index contributed by atoms with van der Waals surface area (Å²) in [6.45, 7) is 5.94. The van der Waals surface area contributed by atoms with E-state index in [1.54, 1.807) is 30.6 Å². The van der Waals surface area contributed by atoms with Gasteiger partial charge < -0.3 is 9.88 Å². The second-order valence-electron chi connectivity index (χ2n) is 4.87. The number of carbonyl (C=O) groups excluding carboxylic acids is 1. The van der Waals surface area contributed by atoms with E-state index in [1.165, 1.54) is 11.8 Å². The minimum atomic E-state index is -0.276. The van der Waals surface area contributed by atoms with Crippen LogP contribution in [0.2, 0.25) is 5.02 Å². The maximum atomic E-state index is 12.2. The molecule has 0 aliphatic rings. The molecule has 2 rings (SSSR count). The number of nitrogens with zero attached hydrogens (tertiary/aromatic N) is 3. The van der Waals surface area contributed by atoms with E-state index in [0.29, 0.717) is 5.02 Å². The Kier molecular flexibility index (Phi) is 5.25. The van der Waals surface area contributed by atoms with E-state index in [4.69, 9.17) is 11.6 Å². The van der Waals surface area contributed by atoms with Crippen molar-refractivity contribution in [3.63, 3.8) is 0 Å². The van der Waals surface area contributed by atoms with E-state index in [1.807, 2.05) is 25.3 Å². The van der Waals surface area contributed by atoms with Crippen LogP contribution in [0, 0.1) is 0 Å². The molecule has 1 atom stereocenters. The summed E-state index contributed by atoms with van der Waals surface area (Å²) in [7, 11) is 0. The van der Waals surface area contributed by atoms with E-state index < -0.39 is 0 Å². The third-order valence-corrected chi connectivity index (χ3v) is 4.18. The Labute approximate surface area is 133 Å². The zero-order valence-electron chi connectivity index (χ0n) is 12.1. The highest BCUT2D eigenvalue weighted by molar-refractivity contribution is 8.00. The van der Waals surface area contributed by atoms with Gasteiger partial charge >= 0.3 is 0 Å². The van der Waals surface area contributed by atoms with Crippen LogP contribution in [0.15, 0.2) is 35.7 Å². The predicted molar refractivity (Wildman–Crippen MR) is 85.8 cm³/mol. The second-order valence-corrected chi connectivity index (χ2v) is 6.62. The number of aromatic nitrogens is 3. The average Bonchev–Trinajstić information content (AvgIpc) is 2.89. The first-order valence-electron chi connectivity index (χ1n) is 6.60. The summed E-state index contributed by atoms with van der Waals surface area (Å²) in [4.78, 5) is 12.2. The summed E-state index contributed by atoms with van der Waals surface area (Å²) in [5.74, 6) is -0.0828. The quantitative estimate of drug-likeness (QED) is 0.853. The summed E-state index contributed by atoms with van der Waals surface area (Å²) >= 11 is 7.20. The van der Waals surface area contributed by atoms with Crippen LogP contribution in [0.3, 0.4) is 0 Å². The zero-order valence-corrected chi connectivity index (χ0v) is 13.6. The van der Waals surface area contributed by atoms with Gasteiger partial charge in [0.2, 0.25) is 5.91 Å². The molecule has 0 saturated carbocycles. The van der Waals surface area contributed by atoms with E-state index in [-0.39, 0.29) is 17.2 Å². The first-order valence-corrected chi connectivity index (χ1v) is 7.85. The monoisotopic (exact) mass is 324 g/mol. The topological polar surface area (TPSA) is 59.8 Å². The largest absolute Gasteiger partial charge is 0.325 e. The molecule has 1 N–H and O–H groups in total. The van der Waals surface area contributed by atoms with E-state index in [2.05, 4.69) is 15.5 Å². The molecule has 0 radical (unpaired) electrons. The number of rotatable bonds is 5. The molecule has 0 unspecified atom stereocenters. The Bertz CT molecular complexity index is 612. The van der Waals surface area contributed by atoms with Crippen molar-refractivity contribution in [2.24, 2.45) is 0 Å². The van der Waals surface area contributed by atoms with Gasteiger partial charge in [0.15, 0.2) is 5.16 Å². The van der Waals surface area contributed by atoms with Crippen molar-refractivity contribution in [1.29, 1.82) is 0 Å². The van der Waals surface area contributed by atoms with Crippen LogP contribution >= 0.6 is 23.4 Å². The zero-order chi connectivity index (χ0) is 15.4. The molecule has 0 aliphatic heterocycles. The van der Waals surface area contributed by atoms with Crippen molar-refractivity contribution >= 4 is 35.0 Å². The van der Waals surface area contributed by atoms with Gasteiger partial charge in [0, 0.05) is 16.8 Å². The summed E-state index contributed by atoms with van der Waals surface area (Å²) in [6, 6.07) is 7.28. The van der Waals surface area contributed by atoms with Gasteiger partial charge in [-0.2, -0.15) is 0 Å². The maximum Gasteiger partial charge on any atom is 0.237 e. The van der Waals surface area contributed by atoms with Crippen LogP contribution in [0.5, 0.6) is 0 Å². The number of benzene rings is 1. The minimum absolute atomic E-state index is 0.0828. The molecule has 7 heteroatoms. The Morgan fingerprint density at radius 2 is 1.95 bits per heavy atom. The first kappa shape index (κ1) is 15.9. The van der Waals surface area contributed by atoms with Crippen molar-refractivity contribution in [1.82, 2.24) is 14.8 Å². The molecule has 0 saturated heterocycles. The van der Waals surface area contributed by atoms with Gasteiger partial charge in [0.05, 0.1) is 5.25 Å². The predicted octanol–water partition coefficient (Wildman–Crippen LogP) is 3.63. The minimum Gasteiger partial charge on any atom is -0.325 e. The lowest BCUT2D eigenvalue weighted by atomic mass is 10.3. The Morgan fingerprint density at radius 3 is 2.57 bits per heavy atom. The lowest BCUT2D eigenvalue weighted by Gasteiger charge is -2.14. The van der Waals surface area contributed by atoms with Gasteiger partial charge in [-0.1, -0.05) is 23.4 Å². The van der Waals surface area contributed by atoms with Crippen LogP contribution in [0.25, 0.3) is 0 Å². The molecule has 0 spiro atoms. The fraction of sp³-hybridized carbons (Fsp3) is 0.357. The number of hydrogen-bond acceptors (Lipinski definition) is 4. The van der Waals surface area contributed by atoms with E-state index in [9.17, 15) is 4.79 Å². The molecular formula is C14H17ClN4OS. The smallest absolute Gasteiger partial charge is 0.237 e. The fourth-order valence-corrected chi connectivity index (χ4v) is 2.74. The molecular weight excluding hydrogens is 308 g/mol.